The zero-order valence-corrected chi connectivity index (χ0v) is 10.4. The fraction of sp³-hybridized carbons (Fsp3) is 0.571. The lowest BCUT2D eigenvalue weighted by Crippen LogP contribution is -2.49. The third-order valence-corrected chi connectivity index (χ3v) is 3.92. The first-order valence-corrected chi connectivity index (χ1v) is 6.60. The minimum absolute atomic E-state index is 0.226. The molecular formula is C14H17N3O. The number of aryl methyl sites for hydroxylation is 2. The molecule has 4 nitrogen and oxygen atoms in total. The number of nitrogens with zero attached hydrogens (tertiary/aromatic N) is 3. The van der Waals surface area contributed by atoms with E-state index in [9.17, 15) is 5.26 Å². The van der Waals surface area contributed by atoms with E-state index in [1.54, 1.807) is 0 Å². The van der Waals surface area contributed by atoms with E-state index in [-0.39, 0.29) is 6.61 Å². The van der Waals surface area contributed by atoms with Crippen LogP contribution in [-0.4, -0.2) is 29.8 Å². The fourth-order valence-corrected chi connectivity index (χ4v) is 2.80. The van der Waals surface area contributed by atoms with Crippen LogP contribution in [0.25, 0.3) is 0 Å². The van der Waals surface area contributed by atoms with Crippen LogP contribution in [0.5, 0.6) is 0 Å². The van der Waals surface area contributed by atoms with E-state index in [1.165, 1.54) is 24.1 Å². The second kappa shape index (κ2) is 4.58. The smallest absolute Gasteiger partial charge is 0.146 e. The zero-order valence-electron chi connectivity index (χ0n) is 10.4. The molecule has 0 spiro atoms. The van der Waals surface area contributed by atoms with Crippen LogP contribution in [0.1, 0.15) is 29.7 Å². The monoisotopic (exact) mass is 243 g/mol. The average molecular weight is 243 g/mol. The van der Waals surface area contributed by atoms with Gasteiger partial charge in [-0.2, -0.15) is 5.26 Å². The van der Waals surface area contributed by atoms with Gasteiger partial charge < -0.3 is 10.0 Å². The summed E-state index contributed by atoms with van der Waals surface area (Å²) in [6, 6.07) is 4.28. The van der Waals surface area contributed by atoms with Crippen molar-refractivity contribution in [3.63, 3.8) is 0 Å². The molecule has 0 saturated carbocycles. The first kappa shape index (κ1) is 11.5. The second-order valence-corrected chi connectivity index (χ2v) is 5.24. The number of hydrogen-bond acceptors (Lipinski definition) is 4. The zero-order chi connectivity index (χ0) is 12.5. The highest BCUT2D eigenvalue weighted by Gasteiger charge is 2.29. The standard InChI is InChI=1S/C14H17N3O/c15-6-12-5-11-3-1-2-4-13(11)16-14(12)17-7-10(8-17)9-18/h5,10,18H,1-4,7-9H2. The van der Waals surface area contributed by atoms with Crippen molar-refractivity contribution in [2.24, 2.45) is 5.92 Å². The van der Waals surface area contributed by atoms with Crippen LogP contribution in [0.15, 0.2) is 6.07 Å². The quantitative estimate of drug-likeness (QED) is 0.849. The van der Waals surface area contributed by atoms with E-state index < -0.39 is 0 Å². The van der Waals surface area contributed by atoms with E-state index in [1.807, 2.05) is 6.07 Å². The number of rotatable bonds is 2. The molecule has 4 heteroatoms. The van der Waals surface area contributed by atoms with Gasteiger partial charge in [-0.15, -0.1) is 0 Å². The molecule has 1 saturated heterocycles. The number of nitriles is 1. The third-order valence-electron chi connectivity index (χ3n) is 3.92. The number of hydrogen-bond donors (Lipinski definition) is 1. The van der Waals surface area contributed by atoms with Gasteiger partial charge >= 0.3 is 0 Å². The van der Waals surface area contributed by atoms with Gasteiger partial charge in [0.05, 0.1) is 5.56 Å². The SMILES string of the molecule is N#Cc1cc2c(nc1N1CC(CO)C1)CCCC2. The Labute approximate surface area is 107 Å². The van der Waals surface area contributed by atoms with Gasteiger partial charge in [0.25, 0.3) is 0 Å². The van der Waals surface area contributed by atoms with Crippen molar-refractivity contribution < 1.29 is 5.11 Å². The summed E-state index contributed by atoms with van der Waals surface area (Å²) < 4.78 is 0. The molecule has 0 atom stereocenters. The molecule has 0 bridgehead atoms. The Bertz CT molecular complexity index is 500. The molecule has 2 heterocycles. The first-order chi connectivity index (χ1) is 8.81. The molecular weight excluding hydrogens is 226 g/mol. The molecule has 0 aromatic carbocycles. The minimum Gasteiger partial charge on any atom is -0.396 e. The Morgan fingerprint density at radius 3 is 2.89 bits per heavy atom. The van der Waals surface area contributed by atoms with E-state index in [4.69, 9.17) is 10.1 Å². The number of aliphatic hydroxyl groups is 1. The van der Waals surface area contributed by atoms with Gasteiger partial charge in [-0.25, -0.2) is 4.98 Å². The molecule has 0 amide bonds. The predicted octanol–water partition coefficient (Wildman–Crippen LogP) is 1.26. The molecule has 1 aromatic heterocycles. The van der Waals surface area contributed by atoms with Gasteiger partial charge in [0.15, 0.2) is 0 Å². The summed E-state index contributed by atoms with van der Waals surface area (Å²) in [5.74, 6) is 1.16. The second-order valence-electron chi connectivity index (χ2n) is 5.24. The predicted molar refractivity (Wildman–Crippen MR) is 68.4 cm³/mol. The Morgan fingerprint density at radius 2 is 2.17 bits per heavy atom. The van der Waals surface area contributed by atoms with Crippen molar-refractivity contribution in [1.82, 2.24) is 4.98 Å². The minimum atomic E-state index is 0.226. The van der Waals surface area contributed by atoms with Crippen LogP contribution in [0.4, 0.5) is 5.82 Å². The molecule has 3 rings (SSSR count). The highest BCUT2D eigenvalue weighted by Crippen LogP contribution is 2.30. The van der Waals surface area contributed by atoms with Crippen LogP contribution >= 0.6 is 0 Å². The van der Waals surface area contributed by atoms with Gasteiger partial charge in [0.1, 0.15) is 11.9 Å². The summed E-state index contributed by atoms with van der Waals surface area (Å²) in [6.45, 7) is 1.86. The maximum atomic E-state index is 9.25. The van der Waals surface area contributed by atoms with Crippen molar-refractivity contribution in [2.45, 2.75) is 25.7 Å². The third kappa shape index (κ3) is 1.85. The molecule has 0 radical (unpaired) electrons. The van der Waals surface area contributed by atoms with Crippen LogP contribution < -0.4 is 4.90 Å². The Hall–Kier alpha value is -1.60. The fourth-order valence-electron chi connectivity index (χ4n) is 2.80. The van der Waals surface area contributed by atoms with Crippen molar-refractivity contribution >= 4 is 5.82 Å². The van der Waals surface area contributed by atoms with E-state index in [2.05, 4.69) is 11.0 Å². The van der Waals surface area contributed by atoms with Gasteiger partial charge in [-0.05, 0) is 37.3 Å². The summed E-state index contributed by atoms with van der Waals surface area (Å²) in [4.78, 5) is 6.80. The van der Waals surface area contributed by atoms with Crippen molar-refractivity contribution in [1.29, 1.82) is 5.26 Å². The Morgan fingerprint density at radius 1 is 1.39 bits per heavy atom. The lowest BCUT2D eigenvalue weighted by atomic mass is 9.94. The van der Waals surface area contributed by atoms with E-state index in [0.717, 1.165) is 31.7 Å². The highest BCUT2D eigenvalue weighted by atomic mass is 16.3. The molecule has 1 N–H and O–H groups in total. The van der Waals surface area contributed by atoms with Crippen molar-refractivity contribution in [3.05, 3.63) is 22.9 Å². The lowest BCUT2D eigenvalue weighted by Gasteiger charge is -2.40. The number of aromatic nitrogens is 1. The summed E-state index contributed by atoms with van der Waals surface area (Å²) in [7, 11) is 0. The molecule has 0 unspecified atom stereocenters. The molecule has 1 aliphatic heterocycles. The molecule has 1 aromatic rings. The molecule has 18 heavy (non-hydrogen) atoms. The number of aliphatic hydroxyl groups excluding tert-OH is 1. The molecule has 2 aliphatic rings. The molecule has 1 fully saturated rings. The molecule has 1 aliphatic carbocycles. The van der Waals surface area contributed by atoms with E-state index >= 15 is 0 Å². The van der Waals surface area contributed by atoms with Gasteiger partial charge in [0.2, 0.25) is 0 Å². The van der Waals surface area contributed by atoms with Crippen molar-refractivity contribution in [2.75, 3.05) is 24.6 Å². The number of anilines is 1. The van der Waals surface area contributed by atoms with Crippen molar-refractivity contribution in [3.8, 4) is 6.07 Å². The van der Waals surface area contributed by atoms with E-state index in [0.29, 0.717) is 11.5 Å². The summed E-state index contributed by atoms with van der Waals surface area (Å²) in [5, 5.41) is 18.3. The number of pyridine rings is 1. The summed E-state index contributed by atoms with van der Waals surface area (Å²) in [5.41, 5.74) is 3.11. The van der Waals surface area contributed by atoms with Gasteiger partial charge in [-0.1, -0.05) is 0 Å². The Kier molecular flexibility index (Phi) is 2.92. The van der Waals surface area contributed by atoms with Crippen LogP contribution in [-0.2, 0) is 12.8 Å². The maximum absolute atomic E-state index is 9.25. The summed E-state index contributed by atoms with van der Waals surface area (Å²) >= 11 is 0. The lowest BCUT2D eigenvalue weighted by molar-refractivity contribution is 0.200. The van der Waals surface area contributed by atoms with Crippen LogP contribution in [0, 0.1) is 17.2 Å². The first-order valence-electron chi connectivity index (χ1n) is 6.60. The van der Waals surface area contributed by atoms with Gasteiger partial charge in [-0.3, -0.25) is 0 Å². The van der Waals surface area contributed by atoms with Crippen LogP contribution in [0.3, 0.4) is 0 Å². The molecule has 94 valence electrons. The number of fused-ring (bicyclic) bond motifs is 1. The normalized spacial score (nSPS) is 19.0. The highest BCUT2D eigenvalue weighted by molar-refractivity contribution is 5.57. The Balaban J connectivity index is 1.91. The summed E-state index contributed by atoms with van der Waals surface area (Å²) in [6.07, 6.45) is 4.49. The van der Waals surface area contributed by atoms with Crippen LogP contribution in [0.2, 0.25) is 0 Å². The average Bonchev–Trinajstić information content (AvgIpc) is 2.36. The topological polar surface area (TPSA) is 60.2 Å². The maximum Gasteiger partial charge on any atom is 0.146 e. The largest absolute Gasteiger partial charge is 0.396 e. The van der Waals surface area contributed by atoms with Gasteiger partial charge in [0, 0.05) is 31.3 Å².